The number of hydrogen-bond acceptors (Lipinski definition) is 6. The maximum Gasteiger partial charge on any atom is 0.492 e. The summed E-state index contributed by atoms with van der Waals surface area (Å²) in [5.41, 5.74) is 3.61. The first-order valence-electron chi connectivity index (χ1n) is 8.34. The molecular weight excluding hydrogens is 347 g/mol. The maximum atomic E-state index is 12.4. The second-order valence-corrected chi connectivity index (χ2v) is 6.13. The molecule has 27 heavy (non-hydrogen) atoms. The number of fused-ring (bicyclic) bond motifs is 1. The average Bonchev–Trinajstić information content (AvgIpc) is 3.06. The van der Waals surface area contributed by atoms with Crippen molar-refractivity contribution in [2.45, 2.75) is 20.1 Å². The van der Waals surface area contributed by atoms with Crippen LogP contribution in [0.1, 0.15) is 32.6 Å². The van der Waals surface area contributed by atoms with Gasteiger partial charge in [0.1, 0.15) is 13.2 Å². The molecule has 0 radical (unpaired) electrons. The Balaban J connectivity index is 1.55. The highest BCUT2D eigenvalue weighted by Gasteiger charge is 2.31. The number of amides is 1. The van der Waals surface area contributed by atoms with Gasteiger partial charge in [0.25, 0.3) is 5.91 Å². The van der Waals surface area contributed by atoms with Crippen molar-refractivity contribution in [3.63, 3.8) is 0 Å². The van der Waals surface area contributed by atoms with E-state index >= 15 is 0 Å². The molecule has 1 aliphatic heterocycles. The summed E-state index contributed by atoms with van der Waals surface area (Å²) in [6.07, 6.45) is 0. The molecule has 0 unspecified atom stereocenters. The van der Waals surface area contributed by atoms with Gasteiger partial charge in [0.05, 0.1) is 18.2 Å². The summed E-state index contributed by atoms with van der Waals surface area (Å²) in [7, 11) is -1.04. The highest BCUT2D eigenvalue weighted by atomic mass is 16.5. The molecule has 3 rings (SSSR count). The zero-order chi connectivity index (χ0) is 19.4. The highest BCUT2D eigenvalue weighted by Crippen LogP contribution is 2.16. The first-order chi connectivity index (χ1) is 13.0. The van der Waals surface area contributed by atoms with Gasteiger partial charge in [-0.15, -0.1) is 0 Å². The van der Waals surface area contributed by atoms with Gasteiger partial charge in [-0.1, -0.05) is 18.2 Å². The number of carbonyl (C=O) groups is 2. The summed E-state index contributed by atoms with van der Waals surface area (Å²) in [5, 5.41) is 21.2. The molecule has 1 heterocycles. The number of hydrogen-bond donors (Lipinski definition) is 2. The quantitative estimate of drug-likeness (QED) is 0.593. The minimum absolute atomic E-state index is 0.0195. The highest BCUT2D eigenvalue weighted by molar-refractivity contribution is 6.62. The van der Waals surface area contributed by atoms with Crippen LogP contribution >= 0.6 is 0 Å². The van der Waals surface area contributed by atoms with Gasteiger partial charge in [-0.05, 0) is 47.3 Å². The SMILES string of the molecule is Cc1c(C(=O)NCC(=O)OCc2cccc(C#N)c2)ccc2c1B(O)OC2. The molecule has 1 aliphatic rings. The lowest BCUT2D eigenvalue weighted by Crippen LogP contribution is -2.35. The minimum atomic E-state index is -1.04. The van der Waals surface area contributed by atoms with Crippen LogP contribution in [-0.2, 0) is 27.4 Å². The van der Waals surface area contributed by atoms with Crippen LogP contribution in [0.4, 0.5) is 0 Å². The normalized spacial score (nSPS) is 12.3. The Morgan fingerprint density at radius 2 is 2.19 bits per heavy atom. The Kier molecular flexibility index (Phi) is 5.55. The van der Waals surface area contributed by atoms with E-state index < -0.39 is 19.0 Å². The van der Waals surface area contributed by atoms with Crippen LogP contribution in [0.15, 0.2) is 36.4 Å². The zero-order valence-electron chi connectivity index (χ0n) is 14.7. The molecule has 8 heteroatoms. The number of ether oxygens (including phenoxy) is 1. The summed E-state index contributed by atoms with van der Waals surface area (Å²) in [6, 6.07) is 12.1. The number of nitrogens with one attached hydrogen (secondary N) is 1. The smallest absolute Gasteiger partial charge is 0.460 e. The third kappa shape index (κ3) is 4.16. The predicted molar refractivity (Wildman–Crippen MR) is 96.9 cm³/mol. The molecule has 0 saturated heterocycles. The zero-order valence-corrected chi connectivity index (χ0v) is 14.7. The molecule has 2 aromatic rings. The summed E-state index contributed by atoms with van der Waals surface area (Å²) in [6.45, 7) is 1.77. The van der Waals surface area contributed by atoms with Crippen molar-refractivity contribution < 1.29 is 24.0 Å². The molecule has 1 amide bonds. The lowest BCUT2D eigenvalue weighted by molar-refractivity contribution is -0.143. The number of rotatable bonds is 5. The molecule has 2 aromatic carbocycles. The van der Waals surface area contributed by atoms with Crippen LogP contribution in [0.25, 0.3) is 0 Å². The molecule has 0 aromatic heterocycles. The molecule has 0 saturated carbocycles. The first-order valence-corrected chi connectivity index (χ1v) is 8.34. The van der Waals surface area contributed by atoms with Gasteiger partial charge in [-0.25, -0.2) is 0 Å². The second kappa shape index (κ2) is 8.04. The van der Waals surface area contributed by atoms with Gasteiger partial charge >= 0.3 is 13.1 Å². The van der Waals surface area contributed by atoms with E-state index in [0.29, 0.717) is 34.3 Å². The molecular formula is C19H17BN2O5. The van der Waals surface area contributed by atoms with Gasteiger partial charge in [0, 0.05) is 5.56 Å². The van der Waals surface area contributed by atoms with Crippen LogP contribution in [0.3, 0.4) is 0 Å². The topological polar surface area (TPSA) is 109 Å². The fourth-order valence-electron chi connectivity index (χ4n) is 2.95. The minimum Gasteiger partial charge on any atom is -0.460 e. The van der Waals surface area contributed by atoms with Gasteiger partial charge in [-0.3, -0.25) is 9.59 Å². The van der Waals surface area contributed by atoms with Crippen LogP contribution in [0, 0.1) is 18.3 Å². The van der Waals surface area contributed by atoms with E-state index in [9.17, 15) is 14.6 Å². The third-order valence-electron chi connectivity index (χ3n) is 4.34. The van der Waals surface area contributed by atoms with Crippen molar-refractivity contribution in [1.29, 1.82) is 5.26 Å². The van der Waals surface area contributed by atoms with Gasteiger partial charge < -0.3 is 19.7 Å². The number of nitriles is 1. The summed E-state index contributed by atoms with van der Waals surface area (Å²) < 4.78 is 10.3. The van der Waals surface area contributed by atoms with Crippen molar-refractivity contribution in [2.24, 2.45) is 0 Å². The Bertz CT molecular complexity index is 938. The van der Waals surface area contributed by atoms with Gasteiger partial charge in [0.15, 0.2) is 0 Å². The standard InChI is InChI=1S/C19H17BN2O5/c1-12-16(6-5-15-11-27-20(25)18(12)15)19(24)22-9-17(23)26-10-14-4-2-3-13(7-14)8-21/h2-7,25H,9-11H2,1H3,(H,22,24). The summed E-state index contributed by atoms with van der Waals surface area (Å²) in [5.74, 6) is -1.02. The molecule has 0 bridgehead atoms. The fraction of sp³-hybridized carbons (Fsp3) is 0.211. The monoisotopic (exact) mass is 364 g/mol. The van der Waals surface area contributed by atoms with E-state index in [1.54, 1.807) is 43.3 Å². The Hall–Kier alpha value is -3.15. The van der Waals surface area contributed by atoms with E-state index in [1.165, 1.54) is 0 Å². The fourth-order valence-corrected chi connectivity index (χ4v) is 2.95. The lowest BCUT2D eigenvalue weighted by atomic mass is 9.75. The number of benzene rings is 2. The number of carbonyl (C=O) groups excluding carboxylic acids is 2. The molecule has 2 N–H and O–H groups in total. The van der Waals surface area contributed by atoms with E-state index in [0.717, 1.165) is 5.56 Å². The van der Waals surface area contributed by atoms with Crippen molar-refractivity contribution in [1.82, 2.24) is 5.32 Å². The Labute approximate surface area is 156 Å². The van der Waals surface area contributed by atoms with Crippen LogP contribution < -0.4 is 10.8 Å². The van der Waals surface area contributed by atoms with Crippen molar-refractivity contribution >= 4 is 24.5 Å². The second-order valence-electron chi connectivity index (χ2n) is 6.13. The summed E-state index contributed by atoms with van der Waals surface area (Å²) in [4.78, 5) is 24.2. The molecule has 0 fully saturated rings. The van der Waals surface area contributed by atoms with Crippen molar-refractivity contribution in [2.75, 3.05) is 6.54 Å². The largest absolute Gasteiger partial charge is 0.492 e. The van der Waals surface area contributed by atoms with Crippen molar-refractivity contribution in [3.05, 3.63) is 64.2 Å². The number of nitrogens with zero attached hydrogens (tertiary/aromatic N) is 1. The molecule has 0 spiro atoms. The van der Waals surface area contributed by atoms with E-state index in [-0.39, 0.29) is 13.2 Å². The molecule has 136 valence electrons. The lowest BCUT2D eigenvalue weighted by Gasteiger charge is -2.11. The Morgan fingerprint density at radius 3 is 2.96 bits per heavy atom. The average molecular weight is 364 g/mol. The van der Waals surface area contributed by atoms with Crippen LogP contribution in [0.5, 0.6) is 0 Å². The first kappa shape index (κ1) is 18.6. The molecule has 0 atom stereocenters. The third-order valence-corrected chi connectivity index (χ3v) is 4.34. The van der Waals surface area contributed by atoms with Crippen molar-refractivity contribution in [3.8, 4) is 6.07 Å². The van der Waals surface area contributed by atoms with E-state index in [1.807, 2.05) is 6.07 Å². The number of esters is 1. The molecule has 0 aliphatic carbocycles. The predicted octanol–water partition coefficient (Wildman–Crippen LogP) is 0.558. The van der Waals surface area contributed by atoms with Gasteiger partial charge in [0.2, 0.25) is 0 Å². The maximum absolute atomic E-state index is 12.4. The summed E-state index contributed by atoms with van der Waals surface area (Å²) >= 11 is 0. The van der Waals surface area contributed by atoms with Gasteiger partial charge in [-0.2, -0.15) is 5.26 Å². The van der Waals surface area contributed by atoms with E-state index in [4.69, 9.17) is 14.7 Å². The Morgan fingerprint density at radius 1 is 1.37 bits per heavy atom. The van der Waals surface area contributed by atoms with Crippen LogP contribution in [0.2, 0.25) is 0 Å². The van der Waals surface area contributed by atoms with Crippen LogP contribution in [-0.4, -0.2) is 30.6 Å². The molecule has 7 nitrogen and oxygen atoms in total. The van der Waals surface area contributed by atoms with E-state index in [2.05, 4.69) is 5.32 Å².